The van der Waals surface area contributed by atoms with E-state index in [0.29, 0.717) is 5.65 Å². The van der Waals surface area contributed by atoms with Gasteiger partial charge in [-0.2, -0.15) is 0 Å². The summed E-state index contributed by atoms with van der Waals surface area (Å²) in [5.74, 6) is -1.79. The number of fused-ring (bicyclic) bond motifs is 1. The summed E-state index contributed by atoms with van der Waals surface area (Å²) in [7, 11) is 1.22. The molecule has 0 unspecified atom stereocenters. The quantitative estimate of drug-likeness (QED) is 0.757. The zero-order valence-corrected chi connectivity index (χ0v) is 8.38. The molecule has 2 heterocycles. The summed E-state index contributed by atoms with van der Waals surface area (Å²) < 4.78 is 5.88. The lowest BCUT2D eigenvalue weighted by Gasteiger charge is -2.04. The lowest BCUT2D eigenvalue weighted by molar-refractivity contribution is 0.0594. The number of hydrogen-bond donors (Lipinski definition) is 1. The maximum absolute atomic E-state index is 11.3. The highest BCUT2D eigenvalue weighted by Gasteiger charge is 2.15. The average Bonchev–Trinajstić information content (AvgIpc) is 2.74. The van der Waals surface area contributed by atoms with Crippen LogP contribution >= 0.6 is 0 Å². The fourth-order valence-electron chi connectivity index (χ4n) is 1.40. The van der Waals surface area contributed by atoms with E-state index in [1.54, 1.807) is 18.3 Å². The lowest BCUT2D eigenvalue weighted by Crippen LogP contribution is -2.11. The van der Waals surface area contributed by atoms with Crippen molar-refractivity contribution >= 4 is 17.6 Å². The molecule has 0 fully saturated rings. The molecule has 6 heteroatoms. The molecule has 6 nitrogen and oxygen atoms in total. The third kappa shape index (κ3) is 1.50. The molecule has 2 rings (SSSR count). The van der Waals surface area contributed by atoms with E-state index in [1.807, 2.05) is 0 Å². The van der Waals surface area contributed by atoms with Crippen LogP contribution in [0.2, 0.25) is 0 Å². The first-order valence-corrected chi connectivity index (χ1v) is 4.43. The number of carbonyl (C=O) groups is 2. The molecule has 2 aromatic heterocycles. The van der Waals surface area contributed by atoms with E-state index < -0.39 is 11.9 Å². The molecule has 0 aliphatic carbocycles. The van der Waals surface area contributed by atoms with Crippen molar-refractivity contribution in [2.24, 2.45) is 0 Å². The Hall–Kier alpha value is -2.37. The highest BCUT2D eigenvalue weighted by molar-refractivity contribution is 5.93. The fourth-order valence-corrected chi connectivity index (χ4v) is 1.40. The molecule has 0 amide bonds. The molecule has 0 aliphatic rings. The number of ether oxygens (including phenoxy) is 1. The molecule has 0 radical (unpaired) electrons. The zero-order chi connectivity index (χ0) is 11.7. The predicted molar refractivity (Wildman–Crippen MR) is 53.5 cm³/mol. The van der Waals surface area contributed by atoms with Crippen molar-refractivity contribution in [2.75, 3.05) is 7.11 Å². The predicted octanol–water partition coefficient (Wildman–Crippen LogP) is 0.819. The van der Waals surface area contributed by atoms with Gasteiger partial charge >= 0.3 is 11.9 Å². The standard InChI is InChI=1S/C10H8N2O4/c1-16-10(15)6-5-7(9(13)14)12-4-2-3-8(12)11-6/h2-5H,1H3,(H,13,14). The van der Waals surface area contributed by atoms with Crippen LogP contribution < -0.4 is 0 Å². The van der Waals surface area contributed by atoms with Gasteiger partial charge in [-0.05, 0) is 12.1 Å². The van der Waals surface area contributed by atoms with Gasteiger partial charge in [-0.3, -0.25) is 4.40 Å². The van der Waals surface area contributed by atoms with Gasteiger partial charge in [0.15, 0.2) is 5.69 Å². The minimum absolute atomic E-state index is 0.0221. The molecule has 0 aliphatic heterocycles. The van der Waals surface area contributed by atoms with Crippen LogP contribution in [0.4, 0.5) is 0 Å². The number of aromatic nitrogens is 2. The van der Waals surface area contributed by atoms with Crippen molar-refractivity contribution in [3.05, 3.63) is 35.8 Å². The van der Waals surface area contributed by atoms with Gasteiger partial charge in [-0.15, -0.1) is 0 Å². The minimum Gasteiger partial charge on any atom is -0.477 e. The van der Waals surface area contributed by atoms with E-state index in [0.717, 1.165) is 0 Å². The number of methoxy groups -OCH3 is 1. The number of carboxylic acids is 1. The van der Waals surface area contributed by atoms with Crippen LogP contribution in [0.15, 0.2) is 24.4 Å². The van der Waals surface area contributed by atoms with Crippen LogP contribution in [0.3, 0.4) is 0 Å². The van der Waals surface area contributed by atoms with Crippen LogP contribution in [0.5, 0.6) is 0 Å². The van der Waals surface area contributed by atoms with E-state index in [1.165, 1.54) is 17.6 Å². The van der Waals surface area contributed by atoms with Crippen molar-refractivity contribution in [1.29, 1.82) is 0 Å². The van der Waals surface area contributed by atoms with Crippen LogP contribution in [-0.4, -0.2) is 33.5 Å². The second kappa shape index (κ2) is 3.65. The second-order valence-electron chi connectivity index (χ2n) is 3.06. The number of nitrogens with zero attached hydrogens (tertiary/aromatic N) is 2. The normalized spacial score (nSPS) is 10.3. The number of carboxylic acid groups (broad SMARTS) is 1. The van der Waals surface area contributed by atoms with Gasteiger partial charge in [-0.25, -0.2) is 14.6 Å². The maximum Gasteiger partial charge on any atom is 0.356 e. The van der Waals surface area contributed by atoms with E-state index in [-0.39, 0.29) is 11.4 Å². The molecular formula is C10H8N2O4. The molecular weight excluding hydrogens is 212 g/mol. The number of hydrogen-bond acceptors (Lipinski definition) is 4. The Kier molecular flexibility index (Phi) is 2.32. The summed E-state index contributed by atoms with van der Waals surface area (Å²) in [6, 6.07) is 4.44. The molecule has 0 saturated carbocycles. The SMILES string of the molecule is COC(=O)c1cc(C(=O)O)n2cccc2n1. The molecule has 0 spiro atoms. The third-order valence-corrected chi connectivity index (χ3v) is 2.11. The van der Waals surface area contributed by atoms with Crippen molar-refractivity contribution in [2.45, 2.75) is 0 Å². The Morgan fingerprint density at radius 1 is 1.50 bits per heavy atom. The Labute approximate surface area is 90.1 Å². The topological polar surface area (TPSA) is 80.9 Å². The molecule has 0 saturated heterocycles. The van der Waals surface area contributed by atoms with Crippen LogP contribution in [0.1, 0.15) is 21.0 Å². The molecule has 2 aromatic rings. The second-order valence-corrected chi connectivity index (χ2v) is 3.06. The molecule has 16 heavy (non-hydrogen) atoms. The van der Waals surface area contributed by atoms with E-state index in [9.17, 15) is 9.59 Å². The van der Waals surface area contributed by atoms with Gasteiger partial charge in [0, 0.05) is 12.3 Å². The Bertz CT molecular complexity index is 573. The summed E-state index contributed by atoms with van der Waals surface area (Å²) >= 11 is 0. The van der Waals surface area contributed by atoms with Gasteiger partial charge in [-0.1, -0.05) is 0 Å². The van der Waals surface area contributed by atoms with Gasteiger partial charge in [0.1, 0.15) is 11.3 Å². The lowest BCUT2D eigenvalue weighted by atomic mass is 10.3. The Balaban J connectivity index is 2.71. The highest BCUT2D eigenvalue weighted by atomic mass is 16.5. The minimum atomic E-state index is -1.13. The van der Waals surface area contributed by atoms with Crippen molar-refractivity contribution in [1.82, 2.24) is 9.38 Å². The first kappa shape index (κ1) is 10.2. The van der Waals surface area contributed by atoms with Gasteiger partial charge in [0.25, 0.3) is 0 Å². The number of rotatable bonds is 2. The monoisotopic (exact) mass is 220 g/mol. The zero-order valence-electron chi connectivity index (χ0n) is 8.38. The smallest absolute Gasteiger partial charge is 0.356 e. The molecule has 0 bridgehead atoms. The van der Waals surface area contributed by atoms with Crippen molar-refractivity contribution in [3.63, 3.8) is 0 Å². The van der Waals surface area contributed by atoms with E-state index in [2.05, 4.69) is 9.72 Å². The van der Waals surface area contributed by atoms with Crippen molar-refractivity contribution in [3.8, 4) is 0 Å². The summed E-state index contributed by atoms with van der Waals surface area (Å²) in [5, 5.41) is 8.98. The average molecular weight is 220 g/mol. The fraction of sp³-hybridized carbons (Fsp3) is 0.100. The van der Waals surface area contributed by atoms with Gasteiger partial charge < -0.3 is 9.84 Å². The molecule has 82 valence electrons. The van der Waals surface area contributed by atoms with Crippen LogP contribution in [-0.2, 0) is 4.74 Å². The number of aromatic carboxylic acids is 1. The summed E-state index contributed by atoms with van der Waals surface area (Å²) in [4.78, 5) is 26.2. The van der Waals surface area contributed by atoms with Crippen LogP contribution in [0.25, 0.3) is 5.65 Å². The molecule has 1 N–H and O–H groups in total. The molecule has 0 atom stereocenters. The Morgan fingerprint density at radius 2 is 2.25 bits per heavy atom. The first-order chi connectivity index (χ1) is 7.63. The third-order valence-electron chi connectivity index (χ3n) is 2.11. The number of carbonyl (C=O) groups excluding carboxylic acids is 1. The van der Waals surface area contributed by atoms with Gasteiger partial charge in [0.2, 0.25) is 0 Å². The summed E-state index contributed by atoms with van der Waals surface area (Å²) in [5.41, 5.74) is 0.335. The molecule has 0 aromatic carbocycles. The number of esters is 1. The summed E-state index contributed by atoms with van der Waals surface area (Å²) in [6.45, 7) is 0. The van der Waals surface area contributed by atoms with Gasteiger partial charge in [0.05, 0.1) is 7.11 Å². The summed E-state index contributed by atoms with van der Waals surface area (Å²) in [6.07, 6.45) is 1.56. The van der Waals surface area contributed by atoms with Crippen molar-refractivity contribution < 1.29 is 19.4 Å². The maximum atomic E-state index is 11.3. The van der Waals surface area contributed by atoms with E-state index in [4.69, 9.17) is 5.11 Å². The largest absolute Gasteiger partial charge is 0.477 e. The van der Waals surface area contributed by atoms with E-state index >= 15 is 0 Å². The van der Waals surface area contributed by atoms with Crippen LogP contribution in [0, 0.1) is 0 Å². The highest BCUT2D eigenvalue weighted by Crippen LogP contribution is 2.10. The first-order valence-electron chi connectivity index (χ1n) is 4.43. The Morgan fingerprint density at radius 3 is 2.88 bits per heavy atom.